The van der Waals surface area contributed by atoms with Gasteiger partial charge in [0, 0.05) is 34.7 Å². The number of hydrogen-bond acceptors (Lipinski definition) is 3. The van der Waals surface area contributed by atoms with Crippen LogP contribution in [0.5, 0.6) is 5.75 Å². The van der Waals surface area contributed by atoms with E-state index in [0.717, 1.165) is 33.4 Å². The van der Waals surface area contributed by atoms with E-state index in [1.807, 2.05) is 18.2 Å². The Morgan fingerprint density at radius 2 is 2.03 bits per heavy atom. The number of ether oxygens (including phenoxy) is 2. The Morgan fingerprint density at radius 3 is 2.76 bits per heavy atom. The molecule has 0 spiro atoms. The van der Waals surface area contributed by atoms with Crippen molar-refractivity contribution in [1.29, 1.82) is 0 Å². The fourth-order valence-electron chi connectivity index (χ4n) is 4.79. The van der Waals surface area contributed by atoms with Crippen molar-refractivity contribution in [3.05, 3.63) is 63.8 Å². The van der Waals surface area contributed by atoms with E-state index in [2.05, 4.69) is 57.0 Å². The van der Waals surface area contributed by atoms with E-state index in [1.54, 1.807) is 7.11 Å². The van der Waals surface area contributed by atoms with Gasteiger partial charge in [-0.2, -0.15) is 0 Å². The first kappa shape index (κ1) is 19.1. The maximum absolute atomic E-state index is 15.2. The number of H-pyrrole nitrogens is 1. The molecule has 0 bridgehead atoms. The number of hydrogen-bond donors (Lipinski definition) is 1. The zero-order chi connectivity index (χ0) is 20.2. The van der Waals surface area contributed by atoms with Crippen LogP contribution in [0.4, 0.5) is 4.39 Å². The lowest BCUT2D eigenvalue weighted by Crippen LogP contribution is -2.57. The fraction of sp³-hybridized carbons (Fsp3) is 0.391. The smallest absolute Gasteiger partial charge is 0.169 e. The molecule has 0 radical (unpaired) electrons. The third-order valence-corrected chi connectivity index (χ3v) is 6.83. The van der Waals surface area contributed by atoms with Crippen LogP contribution in [-0.2, 0) is 11.2 Å². The summed E-state index contributed by atoms with van der Waals surface area (Å²) in [6, 6.07) is 14.5. The molecule has 3 heterocycles. The maximum atomic E-state index is 15.2. The van der Waals surface area contributed by atoms with Gasteiger partial charge < -0.3 is 14.5 Å². The van der Waals surface area contributed by atoms with Crippen molar-refractivity contribution in [3.8, 4) is 5.75 Å². The number of methoxy groups -OCH3 is 1. The van der Waals surface area contributed by atoms with Gasteiger partial charge in [-0.25, -0.2) is 4.39 Å². The summed E-state index contributed by atoms with van der Waals surface area (Å²) in [6.07, 6.45) is 0.878. The van der Waals surface area contributed by atoms with Crippen LogP contribution in [0.2, 0.25) is 0 Å². The lowest BCUT2D eigenvalue weighted by atomic mass is 9.86. The Kier molecular flexibility index (Phi) is 4.68. The van der Waals surface area contributed by atoms with Crippen LogP contribution in [-0.4, -0.2) is 48.5 Å². The Morgan fingerprint density at radius 1 is 1.24 bits per heavy atom. The lowest BCUT2D eigenvalue weighted by molar-refractivity contribution is -0.147. The molecule has 2 atom stereocenters. The molecule has 5 rings (SSSR count). The van der Waals surface area contributed by atoms with E-state index in [1.165, 1.54) is 10.9 Å². The normalized spacial score (nSPS) is 23.6. The summed E-state index contributed by atoms with van der Waals surface area (Å²) in [5.74, 6) is 0.791. The topological polar surface area (TPSA) is 37.5 Å². The van der Waals surface area contributed by atoms with Crippen molar-refractivity contribution in [2.45, 2.75) is 31.1 Å². The van der Waals surface area contributed by atoms with Crippen LogP contribution in [0.25, 0.3) is 10.9 Å². The van der Waals surface area contributed by atoms with Gasteiger partial charge in [-0.05, 0) is 47.0 Å². The summed E-state index contributed by atoms with van der Waals surface area (Å²) in [6.45, 7) is 2.85. The number of para-hydroxylation sites is 2. The molecule has 0 saturated carbocycles. The minimum absolute atomic E-state index is 0.123. The van der Waals surface area contributed by atoms with Crippen molar-refractivity contribution >= 4 is 26.8 Å². The molecule has 29 heavy (non-hydrogen) atoms. The highest BCUT2D eigenvalue weighted by atomic mass is 79.9. The van der Waals surface area contributed by atoms with Crippen molar-refractivity contribution in [2.75, 3.05) is 26.9 Å². The molecule has 6 heteroatoms. The highest BCUT2D eigenvalue weighted by Crippen LogP contribution is 2.46. The Bertz CT molecular complexity index is 1060. The first-order chi connectivity index (χ1) is 14.0. The van der Waals surface area contributed by atoms with Gasteiger partial charge in [-0.15, -0.1) is 0 Å². The number of nitrogens with zero attached hydrogens (tertiary/aromatic N) is 1. The van der Waals surface area contributed by atoms with Gasteiger partial charge in [0.1, 0.15) is 5.75 Å². The Hall–Kier alpha value is -1.89. The molecule has 3 aromatic rings. The van der Waals surface area contributed by atoms with Crippen molar-refractivity contribution in [1.82, 2.24) is 9.88 Å². The molecule has 0 unspecified atom stereocenters. The average molecular weight is 459 g/mol. The molecule has 1 N–H and O–H groups in total. The maximum Gasteiger partial charge on any atom is 0.169 e. The highest BCUT2D eigenvalue weighted by Gasteiger charge is 2.46. The predicted octanol–water partition coefficient (Wildman–Crippen LogP) is 5.01. The minimum Gasteiger partial charge on any atom is -0.495 e. The summed E-state index contributed by atoms with van der Waals surface area (Å²) < 4.78 is 27.0. The number of benzene rings is 2. The second-order valence-corrected chi connectivity index (χ2v) is 9.05. The molecule has 1 aromatic heterocycles. The largest absolute Gasteiger partial charge is 0.495 e. The van der Waals surface area contributed by atoms with E-state index in [4.69, 9.17) is 9.47 Å². The Balaban J connectivity index is 1.71. The van der Waals surface area contributed by atoms with Crippen LogP contribution < -0.4 is 4.74 Å². The molecule has 0 amide bonds. The summed E-state index contributed by atoms with van der Waals surface area (Å²) in [4.78, 5) is 5.91. The quantitative estimate of drug-likeness (QED) is 0.596. The summed E-state index contributed by atoms with van der Waals surface area (Å²) >= 11 is 3.62. The summed E-state index contributed by atoms with van der Waals surface area (Å²) in [5, 5.41) is 1.25. The van der Waals surface area contributed by atoms with Crippen molar-refractivity contribution in [2.24, 2.45) is 0 Å². The number of halogens is 2. The highest BCUT2D eigenvalue weighted by molar-refractivity contribution is 9.10. The van der Waals surface area contributed by atoms with E-state index in [0.29, 0.717) is 6.54 Å². The molecular formula is C23H24BrFN2O2. The lowest BCUT2D eigenvalue weighted by Gasteiger charge is -2.46. The molecule has 4 nitrogen and oxygen atoms in total. The number of aromatic nitrogens is 1. The average Bonchev–Trinajstić information content (AvgIpc) is 3.05. The molecule has 0 aliphatic carbocycles. The van der Waals surface area contributed by atoms with Gasteiger partial charge in [0.05, 0.1) is 30.8 Å². The third-order valence-electron chi connectivity index (χ3n) is 6.20. The van der Waals surface area contributed by atoms with Crippen LogP contribution in [0.1, 0.15) is 29.8 Å². The zero-order valence-corrected chi connectivity index (χ0v) is 18.1. The zero-order valence-electron chi connectivity index (χ0n) is 16.5. The number of alkyl halides is 1. The molecule has 152 valence electrons. The van der Waals surface area contributed by atoms with Gasteiger partial charge >= 0.3 is 0 Å². The summed E-state index contributed by atoms with van der Waals surface area (Å²) in [7, 11) is 1.68. The fourth-order valence-corrected chi connectivity index (χ4v) is 5.33. The monoisotopic (exact) mass is 458 g/mol. The minimum atomic E-state index is -1.30. The number of aromatic amines is 1. The van der Waals surface area contributed by atoms with Crippen LogP contribution >= 0.6 is 15.9 Å². The molecule has 1 saturated heterocycles. The molecule has 1 fully saturated rings. The van der Waals surface area contributed by atoms with Crippen LogP contribution in [0.3, 0.4) is 0 Å². The molecule has 2 aliphatic rings. The van der Waals surface area contributed by atoms with Gasteiger partial charge in [-0.1, -0.05) is 30.3 Å². The van der Waals surface area contributed by atoms with Gasteiger partial charge in [0.2, 0.25) is 0 Å². The second kappa shape index (κ2) is 7.11. The van der Waals surface area contributed by atoms with Gasteiger partial charge in [0.15, 0.2) is 5.67 Å². The molecular weight excluding hydrogens is 435 g/mol. The standard InChI is InChI=1S/C23H24BrFN2O2/c1-14-10-17-15-6-3-4-9-19(15)26-20(17)21(27(14)11-23(25)12-29-13-23)16-7-5-8-18(24)22(16)28-2/h3-9,14,21,26H,10-13H2,1-2H3/t14-,21-/m1/s1. The van der Waals surface area contributed by atoms with E-state index in [-0.39, 0.29) is 25.3 Å². The summed E-state index contributed by atoms with van der Waals surface area (Å²) in [5.41, 5.74) is 3.30. The first-order valence-corrected chi connectivity index (χ1v) is 10.7. The SMILES string of the molecule is COc1c(Br)cccc1[C@@H]1c2[nH]c3ccccc3c2C[C@@H](C)N1CC1(F)COC1. The predicted molar refractivity (Wildman–Crippen MR) is 115 cm³/mol. The third kappa shape index (κ3) is 3.09. The number of fused-ring (bicyclic) bond motifs is 3. The van der Waals surface area contributed by atoms with Crippen LogP contribution in [0.15, 0.2) is 46.9 Å². The van der Waals surface area contributed by atoms with Crippen LogP contribution in [0, 0.1) is 0 Å². The van der Waals surface area contributed by atoms with E-state index < -0.39 is 5.67 Å². The Labute approximate surface area is 178 Å². The van der Waals surface area contributed by atoms with Crippen molar-refractivity contribution < 1.29 is 13.9 Å². The first-order valence-electron chi connectivity index (χ1n) is 9.95. The van der Waals surface area contributed by atoms with E-state index in [9.17, 15) is 0 Å². The molecule has 2 aromatic carbocycles. The van der Waals surface area contributed by atoms with Gasteiger partial charge in [0.25, 0.3) is 0 Å². The van der Waals surface area contributed by atoms with Gasteiger partial charge in [-0.3, -0.25) is 4.90 Å². The van der Waals surface area contributed by atoms with E-state index >= 15 is 4.39 Å². The van der Waals surface area contributed by atoms with Crippen molar-refractivity contribution in [3.63, 3.8) is 0 Å². The number of rotatable bonds is 4. The number of nitrogens with one attached hydrogen (secondary N) is 1. The second-order valence-electron chi connectivity index (χ2n) is 8.20. The molecule has 2 aliphatic heterocycles.